The number of aromatic amines is 1. The molecule has 1 unspecified atom stereocenters. The molecule has 0 saturated carbocycles. The van der Waals surface area contributed by atoms with Crippen molar-refractivity contribution in [3.63, 3.8) is 0 Å². The quantitative estimate of drug-likeness (QED) is 0.121. The Labute approximate surface area is 229 Å². The van der Waals surface area contributed by atoms with Crippen LogP contribution in [0.25, 0.3) is 0 Å². The van der Waals surface area contributed by atoms with Gasteiger partial charge in [-0.05, 0) is 56.1 Å². The van der Waals surface area contributed by atoms with Gasteiger partial charge in [-0.1, -0.05) is 17.3 Å². The molecule has 0 amide bonds. The maximum Gasteiger partial charge on any atom is 0.304 e. The minimum atomic E-state index is -0.658. The van der Waals surface area contributed by atoms with E-state index < -0.39 is 22.2 Å². The second-order valence-electron chi connectivity index (χ2n) is 9.70. The summed E-state index contributed by atoms with van der Waals surface area (Å²) >= 11 is 1.46. The number of likely N-dealkylation sites (N-methyl/N-ethyl adjacent to an activating group) is 1. The summed E-state index contributed by atoms with van der Waals surface area (Å²) in [5.41, 5.74) is 7.17. The molecule has 1 aliphatic heterocycles. The van der Waals surface area contributed by atoms with Crippen LogP contribution in [0.2, 0.25) is 0 Å². The fourth-order valence-electron chi connectivity index (χ4n) is 5.04. The van der Waals surface area contributed by atoms with Crippen molar-refractivity contribution in [1.82, 2.24) is 15.2 Å². The topological polar surface area (TPSA) is 154 Å². The third-order valence-corrected chi connectivity index (χ3v) is 8.14. The molecule has 204 valence electrons. The lowest BCUT2D eigenvalue weighted by Gasteiger charge is -2.34. The van der Waals surface area contributed by atoms with Gasteiger partial charge in [0.05, 0.1) is 15.4 Å². The number of nitrogens with zero attached hydrogens (tertiary/aromatic N) is 5. The summed E-state index contributed by atoms with van der Waals surface area (Å²) in [6, 6.07) is 11.0. The Hall–Kier alpha value is -3.81. The van der Waals surface area contributed by atoms with E-state index in [0.717, 1.165) is 37.4 Å². The van der Waals surface area contributed by atoms with Crippen LogP contribution < -0.4 is 20.6 Å². The molecular weight excluding hydrogens is 520 g/mol. The van der Waals surface area contributed by atoms with Gasteiger partial charge in [-0.15, -0.1) is 16.4 Å². The fourth-order valence-corrected chi connectivity index (χ4v) is 5.66. The molecule has 5 rings (SSSR count). The first-order chi connectivity index (χ1) is 18.8. The number of rotatable bonds is 9. The maximum absolute atomic E-state index is 13.6. The highest BCUT2D eigenvalue weighted by atomic mass is 32.2. The van der Waals surface area contributed by atoms with Crippen LogP contribution in [0.3, 0.4) is 0 Å². The molecule has 1 saturated heterocycles. The number of hydrogen-bond acceptors (Lipinski definition) is 10. The molecular formula is C26H31N8O4S+. The normalized spacial score (nSPS) is 16.1. The molecule has 13 heteroatoms. The molecule has 1 fully saturated rings. The van der Waals surface area contributed by atoms with E-state index in [9.17, 15) is 19.7 Å². The van der Waals surface area contributed by atoms with Crippen LogP contribution in [0.1, 0.15) is 44.1 Å². The van der Waals surface area contributed by atoms with Gasteiger partial charge in [0.25, 0.3) is 11.5 Å². The van der Waals surface area contributed by atoms with Crippen LogP contribution in [0.5, 0.6) is 0 Å². The van der Waals surface area contributed by atoms with Crippen molar-refractivity contribution in [3.8, 4) is 0 Å². The molecule has 0 spiro atoms. The van der Waals surface area contributed by atoms with Gasteiger partial charge < -0.3 is 20.9 Å². The van der Waals surface area contributed by atoms with Gasteiger partial charge in [0.2, 0.25) is 5.78 Å². The van der Waals surface area contributed by atoms with Gasteiger partial charge in [-0.2, -0.15) is 0 Å². The number of hydrogen-bond donors (Lipinski definition) is 3. The van der Waals surface area contributed by atoms with Crippen molar-refractivity contribution < 1.29 is 19.2 Å². The number of nitrogens with one attached hydrogen (secondary N) is 2. The molecule has 1 aromatic heterocycles. The Morgan fingerprint density at radius 1 is 1.15 bits per heavy atom. The van der Waals surface area contributed by atoms with E-state index in [0.29, 0.717) is 13.0 Å². The Kier molecular flexibility index (Phi) is 7.64. The number of carbonyl (C=O) groups is 2. The average molecular weight is 552 g/mol. The highest BCUT2D eigenvalue weighted by molar-refractivity contribution is 7.99. The molecule has 1 atom stereocenters. The molecule has 4 N–H and O–H groups in total. The summed E-state index contributed by atoms with van der Waals surface area (Å²) in [6.45, 7) is 4.62. The number of nitro benzene ring substituents is 1. The lowest BCUT2D eigenvalue weighted by Crippen LogP contribution is -2.44. The first kappa shape index (κ1) is 26.8. The van der Waals surface area contributed by atoms with E-state index in [1.165, 1.54) is 28.6 Å². The van der Waals surface area contributed by atoms with E-state index in [1.807, 2.05) is 18.4 Å². The number of benzene rings is 2. The molecule has 0 radical (unpaired) electrons. The van der Waals surface area contributed by atoms with E-state index in [4.69, 9.17) is 5.73 Å². The van der Waals surface area contributed by atoms with Gasteiger partial charge in [0.15, 0.2) is 0 Å². The monoisotopic (exact) mass is 551 g/mol. The van der Waals surface area contributed by atoms with Crippen molar-refractivity contribution >= 4 is 40.4 Å². The molecule has 2 aliphatic rings. The predicted molar refractivity (Wildman–Crippen MR) is 149 cm³/mol. The Bertz CT molecular complexity index is 1420. The first-order valence-corrected chi connectivity index (χ1v) is 14.0. The number of nitro groups is 1. The molecule has 39 heavy (non-hydrogen) atoms. The summed E-state index contributed by atoms with van der Waals surface area (Å²) in [4.78, 5) is 43.2. The highest BCUT2D eigenvalue weighted by Gasteiger charge is 2.45. The summed E-state index contributed by atoms with van der Waals surface area (Å²) in [7, 11) is 2.12. The van der Waals surface area contributed by atoms with Crippen molar-refractivity contribution in [2.75, 3.05) is 56.2 Å². The largest absolute Gasteiger partial charge is 0.369 e. The van der Waals surface area contributed by atoms with Crippen LogP contribution in [-0.4, -0.2) is 83.1 Å². The van der Waals surface area contributed by atoms with Gasteiger partial charge in [0.1, 0.15) is 17.8 Å². The third-order valence-electron chi connectivity index (χ3n) is 7.21. The second-order valence-corrected chi connectivity index (χ2v) is 10.7. The van der Waals surface area contributed by atoms with Gasteiger partial charge in [0, 0.05) is 37.4 Å². The van der Waals surface area contributed by atoms with E-state index in [2.05, 4.69) is 44.6 Å². The number of H-pyrrole nitrogens is 1. The van der Waals surface area contributed by atoms with E-state index in [-0.39, 0.29) is 40.1 Å². The molecule has 12 nitrogen and oxygen atoms in total. The predicted octanol–water partition coefficient (Wildman–Crippen LogP) is 1.63. The van der Waals surface area contributed by atoms with Crippen molar-refractivity contribution in [3.05, 3.63) is 74.6 Å². The second kappa shape index (κ2) is 11.1. The number of aromatic nitrogens is 3. The number of ketones is 2. The number of fused-ring (bicyclic) bond motifs is 2. The van der Waals surface area contributed by atoms with Gasteiger partial charge in [-0.25, -0.2) is 0 Å². The van der Waals surface area contributed by atoms with Crippen molar-refractivity contribution in [1.29, 1.82) is 0 Å². The summed E-state index contributed by atoms with van der Waals surface area (Å²) in [5, 5.41) is 21.9. The average Bonchev–Trinajstić information content (AvgIpc) is 3.36. The SMILES string of the molecule is CSC(CCN)Nc1ccc2c(c1[N+](=O)[O-])C(=O)c1n[nH][n+](Cc3ccc(N4CCN(C)CC4)cc3)c1C2=O. The Morgan fingerprint density at radius 2 is 1.87 bits per heavy atom. The molecule has 1 aliphatic carbocycles. The summed E-state index contributed by atoms with van der Waals surface area (Å²) < 4.78 is 1.52. The lowest BCUT2D eigenvalue weighted by atomic mass is 9.88. The van der Waals surface area contributed by atoms with Crippen LogP contribution >= 0.6 is 11.8 Å². The van der Waals surface area contributed by atoms with Crippen molar-refractivity contribution in [2.24, 2.45) is 5.73 Å². The maximum atomic E-state index is 13.6. The smallest absolute Gasteiger partial charge is 0.304 e. The number of thioether (sulfide) groups is 1. The van der Waals surface area contributed by atoms with Gasteiger partial charge >= 0.3 is 11.4 Å². The van der Waals surface area contributed by atoms with Gasteiger partial charge in [-0.3, -0.25) is 19.7 Å². The Balaban J connectivity index is 1.43. The highest BCUT2D eigenvalue weighted by Crippen LogP contribution is 2.37. The third kappa shape index (κ3) is 5.12. The minimum absolute atomic E-state index is 0.00941. The zero-order valence-corrected chi connectivity index (χ0v) is 22.7. The number of nitrogens with two attached hydrogens (primary N) is 1. The molecule has 2 heterocycles. The standard InChI is InChI=1S/C26H30N8O4S/c1-31-11-13-32(14-12-31)17-5-3-16(4-6-17)15-33-24-22(29-30-33)26(36)21-18(25(24)35)7-8-19(23(21)34(37)38)28-20(39-2)9-10-27/h3-8,20H,9-15,27H2,1-2H3,(H,28,35)/p+1. The zero-order chi connectivity index (χ0) is 27.7. The molecule has 2 aromatic carbocycles. The van der Waals surface area contributed by atoms with E-state index in [1.54, 1.807) is 0 Å². The zero-order valence-electron chi connectivity index (χ0n) is 21.8. The van der Waals surface area contributed by atoms with Crippen LogP contribution in [0, 0.1) is 10.1 Å². The number of piperazine rings is 1. The van der Waals surface area contributed by atoms with Crippen LogP contribution in [-0.2, 0) is 6.54 Å². The first-order valence-electron chi connectivity index (χ1n) is 12.7. The molecule has 3 aromatic rings. The van der Waals surface area contributed by atoms with Crippen LogP contribution in [0.4, 0.5) is 17.1 Å². The molecule has 0 bridgehead atoms. The Morgan fingerprint density at radius 3 is 2.51 bits per heavy atom. The number of carbonyl (C=O) groups excluding carboxylic acids is 2. The summed E-state index contributed by atoms with van der Waals surface area (Å²) in [5.74, 6) is -1.14. The fraction of sp³-hybridized carbons (Fsp3) is 0.385. The van der Waals surface area contributed by atoms with E-state index >= 15 is 0 Å². The lowest BCUT2D eigenvalue weighted by molar-refractivity contribution is -0.747. The van der Waals surface area contributed by atoms with Crippen LogP contribution in [0.15, 0.2) is 36.4 Å². The number of anilines is 2. The summed E-state index contributed by atoms with van der Waals surface area (Å²) in [6.07, 6.45) is 2.43. The minimum Gasteiger partial charge on any atom is -0.369 e. The van der Waals surface area contributed by atoms with Crippen molar-refractivity contribution in [2.45, 2.75) is 18.3 Å².